The van der Waals surface area contributed by atoms with Gasteiger partial charge in [-0.3, -0.25) is 10.2 Å². The molecule has 0 aliphatic carbocycles. The number of nitrogens with one attached hydrogen (secondary N) is 3. The lowest BCUT2D eigenvalue weighted by Crippen LogP contribution is -2.34. The number of anilines is 2. The van der Waals surface area contributed by atoms with Crippen molar-refractivity contribution in [2.24, 2.45) is 5.84 Å². The lowest BCUT2D eigenvalue weighted by molar-refractivity contribution is 0.0972. The molecule has 0 spiro atoms. The normalized spacial score (nSPS) is 14.5. The molecule has 0 bridgehead atoms. The van der Waals surface area contributed by atoms with Crippen LogP contribution in [0.25, 0.3) is 0 Å². The SMILES string of the molecule is Cc1ccc(NC(=O)NN)cc1.O=C1CC(c2ccc(Cl)cc2)Nc2ccc(Cl)cc21. The van der Waals surface area contributed by atoms with Gasteiger partial charge in [-0.05, 0) is 55.0 Å². The standard InChI is InChI=1S/C15H11Cl2NO.C8H11N3O/c16-10-3-1-9(2-4-10)14-8-15(19)12-7-11(17)5-6-13(12)18-14;1-6-2-4-7(5-3-6)10-8(12)11-9/h1-7,14,18H,8H2;2-5H,9H2,1H3,(H2,10,11,12). The number of hydrogen-bond donors (Lipinski definition) is 4. The van der Waals surface area contributed by atoms with Gasteiger partial charge in [0.15, 0.2) is 5.78 Å². The average Bonchev–Trinajstić information content (AvgIpc) is 2.76. The summed E-state index contributed by atoms with van der Waals surface area (Å²) in [5.41, 5.74) is 6.40. The number of hydrogen-bond acceptors (Lipinski definition) is 4. The molecule has 4 rings (SSSR count). The van der Waals surface area contributed by atoms with Crippen molar-refractivity contribution >= 4 is 46.4 Å². The molecule has 1 heterocycles. The molecule has 1 aliphatic rings. The number of rotatable bonds is 2. The van der Waals surface area contributed by atoms with Gasteiger partial charge in [-0.1, -0.05) is 53.0 Å². The van der Waals surface area contributed by atoms with Crippen LogP contribution < -0.4 is 21.9 Å². The van der Waals surface area contributed by atoms with E-state index in [0.29, 0.717) is 22.0 Å². The Morgan fingerprint density at radius 1 is 1.00 bits per heavy atom. The third-order valence-electron chi connectivity index (χ3n) is 4.71. The van der Waals surface area contributed by atoms with Crippen LogP contribution in [0.15, 0.2) is 66.7 Å². The Morgan fingerprint density at radius 3 is 2.29 bits per heavy atom. The maximum atomic E-state index is 12.2. The van der Waals surface area contributed by atoms with E-state index in [4.69, 9.17) is 29.0 Å². The summed E-state index contributed by atoms with van der Waals surface area (Å²) in [6, 6.07) is 19.9. The number of amides is 2. The van der Waals surface area contributed by atoms with E-state index in [1.54, 1.807) is 12.1 Å². The molecule has 160 valence electrons. The lowest BCUT2D eigenvalue weighted by atomic mass is 9.92. The number of benzene rings is 3. The van der Waals surface area contributed by atoms with E-state index in [0.717, 1.165) is 22.5 Å². The van der Waals surface area contributed by atoms with Gasteiger partial charge in [0.25, 0.3) is 0 Å². The second-order valence-electron chi connectivity index (χ2n) is 7.03. The molecule has 0 saturated heterocycles. The first-order valence-electron chi connectivity index (χ1n) is 9.54. The molecule has 0 saturated carbocycles. The summed E-state index contributed by atoms with van der Waals surface area (Å²) in [7, 11) is 0. The molecule has 3 aromatic carbocycles. The van der Waals surface area contributed by atoms with E-state index < -0.39 is 6.03 Å². The Kier molecular flexibility index (Phi) is 7.52. The number of carbonyl (C=O) groups excluding carboxylic acids is 2. The van der Waals surface area contributed by atoms with Crippen LogP contribution in [0, 0.1) is 6.92 Å². The highest BCUT2D eigenvalue weighted by Crippen LogP contribution is 2.34. The minimum atomic E-state index is -0.418. The molecule has 0 aromatic heterocycles. The molecular weight excluding hydrogens is 435 g/mol. The summed E-state index contributed by atoms with van der Waals surface area (Å²) < 4.78 is 0. The number of aryl methyl sites for hydroxylation is 1. The van der Waals surface area contributed by atoms with Gasteiger partial charge in [0.1, 0.15) is 0 Å². The minimum Gasteiger partial charge on any atom is -0.377 e. The van der Waals surface area contributed by atoms with Gasteiger partial charge >= 0.3 is 6.03 Å². The Morgan fingerprint density at radius 2 is 1.65 bits per heavy atom. The first kappa shape index (κ1) is 22.6. The summed E-state index contributed by atoms with van der Waals surface area (Å²) >= 11 is 11.8. The molecule has 31 heavy (non-hydrogen) atoms. The van der Waals surface area contributed by atoms with Crippen molar-refractivity contribution in [2.75, 3.05) is 10.6 Å². The number of carbonyl (C=O) groups is 2. The number of halogens is 2. The lowest BCUT2D eigenvalue weighted by Gasteiger charge is -2.26. The van der Waals surface area contributed by atoms with Crippen LogP contribution >= 0.6 is 23.2 Å². The summed E-state index contributed by atoms with van der Waals surface area (Å²) in [5.74, 6) is 5.00. The van der Waals surface area contributed by atoms with Crippen molar-refractivity contribution in [3.05, 3.63) is 93.5 Å². The van der Waals surface area contributed by atoms with E-state index in [-0.39, 0.29) is 11.8 Å². The Balaban J connectivity index is 0.000000196. The van der Waals surface area contributed by atoms with Crippen molar-refractivity contribution < 1.29 is 9.59 Å². The van der Waals surface area contributed by atoms with E-state index in [9.17, 15) is 9.59 Å². The van der Waals surface area contributed by atoms with E-state index in [2.05, 4.69) is 10.6 Å². The van der Waals surface area contributed by atoms with Crippen LogP contribution in [0.1, 0.15) is 33.9 Å². The van der Waals surface area contributed by atoms with Gasteiger partial charge in [0.2, 0.25) is 0 Å². The highest BCUT2D eigenvalue weighted by Gasteiger charge is 2.25. The van der Waals surface area contributed by atoms with Crippen LogP contribution in [-0.2, 0) is 0 Å². The third kappa shape index (κ3) is 6.21. The van der Waals surface area contributed by atoms with Crippen LogP contribution in [-0.4, -0.2) is 11.8 Å². The van der Waals surface area contributed by atoms with Crippen LogP contribution in [0.2, 0.25) is 10.0 Å². The number of ketones is 1. The zero-order chi connectivity index (χ0) is 22.4. The van der Waals surface area contributed by atoms with Crippen molar-refractivity contribution in [3.63, 3.8) is 0 Å². The fourth-order valence-electron chi connectivity index (χ4n) is 3.11. The van der Waals surface area contributed by atoms with Crippen LogP contribution in [0.3, 0.4) is 0 Å². The second kappa shape index (κ2) is 10.3. The fraction of sp³-hybridized carbons (Fsp3) is 0.130. The summed E-state index contributed by atoms with van der Waals surface area (Å²) in [5, 5.41) is 7.19. The van der Waals surface area contributed by atoms with E-state index in [1.807, 2.05) is 66.9 Å². The molecule has 6 nitrogen and oxygen atoms in total. The maximum Gasteiger partial charge on any atom is 0.333 e. The predicted octanol–water partition coefficient (Wildman–Crippen LogP) is 5.72. The maximum absolute atomic E-state index is 12.2. The molecule has 3 aromatic rings. The fourth-order valence-corrected chi connectivity index (χ4v) is 3.41. The zero-order valence-corrected chi connectivity index (χ0v) is 18.3. The molecule has 0 radical (unpaired) electrons. The number of fused-ring (bicyclic) bond motifs is 1. The molecular formula is C23H22Cl2N4O2. The van der Waals surface area contributed by atoms with Crippen LogP contribution in [0.5, 0.6) is 0 Å². The highest BCUT2D eigenvalue weighted by atomic mass is 35.5. The first-order chi connectivity index (χ1) is 14.9. The van der Waals surface area contributed by atoms with Crippen molar-refractivity contribution in [2.45, 2.75) is 19.4 Å². The minimum absolute atomic E-state index is 0.0153. The topological polar surface area (TPSA) is 96.2 Å². The van der Waals surface area contributed by atoms with E-state index >= 15 is 0 Å². The second-order valence-corrected chi connectivity index (χ2v) is 7.90. The Bertz CT molecular complexity index is 1070. The van der Waals surface area contributed by atoms with Gasteiger partial charge in [0, 0.05) is 33.4 Å². The van der Waals surface area contributed by atoms with Gasteiger partial charge in [-0.15, -0.1) is 0 Å². The van der Waals surface area contributed by atoms with Crippen molar-refractivity contribution in [3.8, 4) is 0 Å². The molecule has 0 fully saturated rings. The summed E-state index contributed by atoms with van der Waals surface area (Å²) in [4.78, 5) is 22.9. The predicted molar refractivity (Wildman–Crippen MR) is 126 cm³/mol. The van der Waals surface area contributed by atoms with Crippen molar-refractivity contribution in [1.29, 1.82) is 0 Å². The van der Waals surface area contributed by atoms with Gasteiger partial charge < -0.3 is 10.6 Å². The monoisotopic (exact) mass is 456 g/mol. The Hall–Kier alpha value is -3.06. The van der Waals surface area contributed by atoms with Crippen LogP contribution in [0.4, 0.5) is 16.2 Å². The number of urea groups is 1. The average molecular weight is 457 g/mol. The summed E-state index contributed by atoms with van der Waals surface area (Å²) in [6.07, 6.45) is 0.426. The largest absolute Gasteiger partial charge is 0.377 e. The molecule has 8 heteroatoms. The van der Waals surface area contributed by atoms with Gasteiger partial charge in [-0.25, -0.2) is 10.6 Å². The summed E-state index contributed by atoms with van der Waals surface area (Å²) in [6.45, 7) is 1.98. The molecule has 1 aliphatic heterocycles. The third-order valence-corrected chi connectivity index (χ3v) is 5.20. The first-order valence-corrected chi connectivity index (χ1v) is 10.3. The van der Waals surface area contributed by atoms with Gasteiger partial charge in [0.05, 0.1) is 6.04 Å². The molecule has 1 atom stereocenters. The smallest absolute Gasteiger partial charge is 0.333 e. The zero-order valence-electron chi connectivity index (χ0n) is 16.8. The number of nitrogens with two attached hydrogens (primary N) is 1. The quantitative estimate of drug-likeness (QED) is 0.225. The number of hydrazine groups is 1. The van der Waals surface area contributed by atoms with Gasteiger partial charge in [-0.2, -0.15) is 0 Å². The highest BCUT2D eigenvalue weighted by molar-refractivity contribution is 6.31. The molecule has 2 amide bonds. The Labute approximate surface area is 190 Å². The number of Topliss-reactive ketones (excluding diaryl/α,β-unsaturated/α-hetero) is 1. The molecule has 1 unspecified atom stereocenters. The molecule has 5 N–H and O–H groups in total. The van der Waals surface area contributed by atoms with Crippen molar-refractivity contribution in [1.82, 2.24) is 5.43 Å². The van der Waals surface area contributed by atoms with E-state index in [1.165, 1.54) is 0 Å².